The Hall–Kier alpha value is -1.35. The van der Waals surface area contributed by atoms with Crippen molar-refractivity contribution in [3.63, 3.8) is 0 Å². The second kappa shape index (κ2) is 7.88. The highest BCUT2D eigenvalue weighted by Crippen LogP contribution is 2.19. The highest BCUT2D eigenvalue weighted by molar-refractivity contribution is 5.81. The molecular formula is C15H25NO2. The van der Waals surface area contributed by atoms with Crippen molar-refractivity contribution in [1.29, 1.82) is 0 Å². The van der Waals surface area contributed by atoms with Crippen LogP contribution in [0.3, 0.4) is 0 Å². The van der Waals surface area contributed by atoms with Crippen LogP contribution in [0, 0.1) is 5.92 Å². The quantitative estimate of drug-likeness (QED) is 0.429. The Balaban J connectivity index is 4.80. The standard InChI is InChI=1S/C15H25NO2/c1-7-9-10-13(8-2)18-14(17)15(5,16-6)11-12(3)4/h7-10,12,16H,1,11H2,2-6H3/b10-9-,13-8+. The molecule has 0 spiro atoms. The first-order valence-electron chi connectivity index (χ1n) is 6.26. The minimum Gasteiger partial charge on any atom is -0.426 e. The molecule has 18 heavy (non-hydrogen) atoms. The molecule has 0 aromatic rings. The Morgan fingerprint density at radius 3 is 2.50 bits per heavy atom. The van der Waals surface area contributed by atoms with Crippen LogP contribution in [0.25, 0.3) is 0 Å². The van der Waals surface area contributed by atoms with Gasteiger partial charge in [0, 0.05) is 0 Å². The van der Waals surface area contributed by atoms with Crippen LogP contribution < -0.4 is 5.32 Å². The molecular weight excluding hydrogens is 226 g/mol. The molecule has 0 aliphatic carbocycles. The fourth-order valence-electron chi connectivity index (χ4n) is 1.68. The first-order chi connectivity index (χ1) is 8.39. The van der Waals surface area contributed by atoms with Crippen LogP contribution >= 0.6 is 0 Å². The van der Waals surface area contributed by atoms with Crippen molar-refractivity contribution in [2.45, 2.75) is 39.7 Å². The average Bonchev–Trinajstić information content (AvgIpc) is 2.32. The predicted octanol–water partition coefficient (Wildman–Crippen LogP) is 3.20. The Bertz CT molecular complexity index is 342. The molecule has 0 saturated carbocycles. The highest BCUT2D eigenvalue weighted by Gasteiger charge is 2.34. The number of ether oxygens (including phenoxy) is 1. The number of nitrogens with one attached hydrogen (secondary N) is 1. The lowest BCUT2D eigenvalue weighted by Crippen LogP contribution is -2.49. The number of esters is 1. The summed E-state index contributed by atoms with van der Waals surface area (Å²) in [5.41, 5.74) is -0.662. The molecule has 0 amide bonds. The Morgan fingerprint density at radius 1 is 1.50 bits per heavy atom. The van der Waals surface area contributed by atoms with Crippen molar-refractivity contribution in [1.82, 2.24) is 5.32 Å². The molecule has 0 rings (SSSR count). The van der Waals surface area contributed by atoms with Crippen molar-refractivity contribution in [3.05, 3.63) is 36.6 Å². The zero-order chi connectivity index (χ0) is 14.2. The van der Waals surface area contributed by atoms with Gasteiger partial charge in [-0.2, -0.15) is 0 Å². The van der Waals surface area contributed by atoms with E-state index in [1.54, 1.807) is 31.4 Å². The van der Waals surface area contributed by atoms with E-state index in [1.165, 1.54) is 0 Å². The molecule has 102 valence electrons. The van der Waals surface area contributed by atoms with E-state index in [9.17, 15) is 4.79 Å². The monoisotopic (exact) mass is 251 g/mol. The van der Waals surface area contributed by atoms with Crippen molar-refractivity contribution < 1.29 is 9.53 Å². The van der Waals surface area contributed by atoms with E-state index >= 15 is 0 Å². The van der Waals surface area contributed by atoms with Crippen molar-refractivity contribution in [2.75, 3.05) is 7.05 Å². The van der Waals surface area contributed by atoms with Gasteiger partial charge in [0.25, 0.3) is 0 Å². The lowest BCUT2D eigenvalue weighted by Gasteiger charge is -2.28. The summed E-state index contributed by atoms with van der Waals surface area (Å²) in [6.45, 7) is 11.4. The molecule has 1 N–H and O–H groups in total. The van der Waals surface area contributed by atoms with Gasteiger partial charge in [0.2, 0.25) is 0 Å². The Labute approximate surface area is 111 Å². The summed E-state index contributed by atoms with van der Waals surface area (Å²) in [7, 11) is 1.78. The molecule has 0 saturated heterocycles. The lowest BCUT2D eigenvalue weighted by molar-refractivity contribution is -0.146. The fraction of sp³-hybridized carbons (Fsp3) is 0.533. The summed E-state index contributed by atoms with van der Waals surface area (Å²) in [6.07, 6.45) is 7.58. The SMILES string of the molecule is C=C/C=C\C(=C/C)OC(=O)C(C)(CC(C)C)NC. The van der Waals surface area contributed by atoms with Crippen LogP contribution in [-0.2, 0) is 9.53 Å². The first-order valence-corrected chi connectivity index (χ1v) is 6.26. The van der Waals surface area contributed by atoms with Gasteiger partial charge in [0.05, 0.1) is 0 Å². The maximum atomic E-state index is 12.2. The molecule has 0 radical (unpaired) electrons. The minimum atomic E-state index is -0.662. The van der Waals surface area contributed by atoms with E-state index in [0.717, 1.165) is 6.42 Å². The van der Waals surface area contributed by atoms with Gasteiger partial charge < -0.3 is 10.1 Å². The van der Waals surface area contributed by atoms with Crippen LogP contribution in [0.1, 0.15) is 34.1 Å². The van der Waals surface area contributed by atoms with Gasteiger partial charge in [0.1, 0.15) is 11.3 Å². The van der Waals surface area contributed by atoms with E-state index in [-0.39, 0.29) is 5.97 Å². The van der Waals surface area contributed by atoms with Crippen LogP contribution in [0.5, 0.6) is 0 Å². The molecule has 0 fully saturated rings. The minimum absolute atomic E-state index is 0.263. The fourth-order valence-corrected chi connectivity index (χ4v) is 1.68. The van der Waals surface area contributed by atoms with Crippen LogP contribution in [0.2, 0.25) is 0 Å². The third kappa shape index (κ3) is 5.32. The zero-order valence-corrected chi connectivity index (χ0v) is 12.1. The first kappa shape index (κ1) is 16.6. The highest BCUT2D eigenvalue weighted by atomic mass is 16.5. The van der Waals surface area contributed by atoms with E-state index in [1.807, 2.05) is 13.8 Å². The Kier molecular flexibility index (Phi) is 7.29. The molecule has 0 heterocycles. The van der Waals surface area contributed by atoms with Gasteiger partial charge in [-0.05, 0) is 45.4 Å². The molecule has 0 aromatic heterocycles. The van der Waals surface area contributed by atoms with Gasteiger partial charge in [-0.15, -0.1) is 0 Å². The molecule has 3 nitrogen and oxygen atoms in total. The zero-order valence-electron chi connectivity index (χ0n) is 12.1. The summed E-state index contributed by atoms with van der Waals surface area (Å²) < 4.78 is 5.38. The van der Waals surface area contributed by atoms with E-state index in [4.69, 9.17) is 4.74 Å². The largest absolute Gasteiger partial charge is 0.426 e. The second-order valence-corrected chi connectivity index (χ2v) is 4.86. The predicted molar refractivity (Wildman–Crippen MR) is 76.1 cm³/mol. The summed E-state index contributed by atoms with van der Waals surface area (Å²) in [4.78, 5) is 12.2. The van der Waals surface area contributed by atoms with Gasteiger partial charge in [-0.1, -0.05) is 32.6 Å². The number of rotatable bonds is 7. The van der Waals surface area contributed by atoms with Gasteiger partial charge in [-0.25, -0.2) is 4.79 Å². The number of hydrogen-bond acceptors (Lipinski definition) is 3. The average molecular weight is 251 g/mol. The summed E-state index contributed by atoms with van der Waals surface area (Å²) >= 11 is 0. The maximum absolute atomic E-state index is 12.2. The van der Waals surface area contributed by atoms with Crippen LogP contribution in [-0.4, -0.2) is 18.6 Å². The smallest absolute Gasteiger partial charge is 0.331 e. The van der Waals surface area contributed by atoms with E-state index < -0.39 is 5.54 Å². The maximum Gasteiger partial charge on any atom is 0.331 e. The summed E-state index contributed by atoms with van der Waals surface area (Å²) in [6, 6.07) is 0. The third-order valence-electron chi connectivity index (χ3n) is 2.71. The molecule has 0 aliphatic rings. The molecule has 0 aliphatic heterocycles. The topological polar surface area (TPSA) is 38.3 Å². The number of hydrogen-bond donors (Lipinski definition) is 1. The molecule has 3 heteroatoms. The van der Waals surface area contributed by atoms with Crippen LogP contribution in [0.4, 0.5) is 0 Å². The summed E-state index contributed by atoms with van der Waals surface area (Å²) in [5, 5.41) is 3.05. The van der Waals surface area contributed by atoms with Crippen molar-refractivity contribution >= 4 is 5.97 Å². The number of likely N-dealkylation sites (N-methyl/N-ethyl adjacent to an activating group) is 1. The normalized spacial score (nSPS) is 15.8. The lowest BCUT2D eigenvalue weighted by atomic mass is 9.91. The van der Waals surface area contributed by atoms with E-state index in [0.29, 0.717) is 11.7 Å². The molecule has 0 bridgehead atoms. The van der Waals surface area contributed by atoms with Crippen molar-refractivity contribution in [2.24, 2.45) is 5.92 Å². The number of allylic oxidation sites excluding steroid dienone is 4. The third-order valence-corrected chi connectivity index (χ3v) is 2.71. The van der Waals surface area contributed by atoms with Crippen molar-refractivity contribution in [3.8, 4) is 0 Å². The number of carbonyl (C=O) groups is 1. The summed E-state index contributed by atoms with van der Waals surface area (Å²) in [5.74, 6) is 0.679. The second-order valence-electron chi connectivity index (χ2n) is 4.86. The number of carbonyl (C=O) groups excluding carboxylic acids is 1. The molecule has 1 unspecified atom stereocenters. The van der Waals surface area contributed by atoms with Gasteiger partial charge in [0.15, 0.2) is 0 Å². The molecule has 0 aromatic carbocycles. The van der Waals surface area contributed by atoms with Crippen LogP contribution in [0.15, 0.2) is 36.6 Å². The Morgan fingerprint density at radius 2 is 2.11 bits per heavy atom. The van der Waals surface area contributed by atoms with Gasteiger partial charge >= 0.3 is 5.97 Å². The van der Waals surface area contributed by atoms with E-state index in [2.05, 4.69) is 25.7 Å². The molecule has 1 atom stereocenters. The van der Waals surface area contributed by atoms with Gasteiger partial charge in [-0.3, -0.25) is 0 Å².